The van der Waals surface area contributed by atoms with Gasteiger partial charge in [-0.1, -0.05) is 12.1 Å². The second kappa shape index (κ2) is 5.96. The van der Waals surface area contributed by atoms with Crippen LogP contribution in [0.25, 0.3) is 5.65 Å². The second-order valence-corrected chi connectivity index (χ2v) is 6.05. The molecule has 24 heavy (non-hydrogen) atoms. The van der Waals surface area contributed by atoms with Gasteiger partial charge in [0.1, 0.15) is 5.69 Å². The molecule has 1 amide bonds. The fourth-order valence-corrected chi connectivity index (χ4v) is 3.15. The van der Waals surface area contributed by atoms with Crippen LogP contribution in [-0.2, 0) is 0 Å². The zero-order valence-corrected chi connectivity index (χ0v) is 13.6. The van der Waals surface area contributed by atoms with Crippen LogP contribution in [0.4, 0.5) is 5.69 Å². The third kappa shape index (κ3) is 2.60. The van der Waals surface area contributed by atoms with E-state index >= 15 is 0 Å². The van der Waals surface area contributed by atoms with Gasteiger partial charge in [0.25, 0.3) is 5.91 Å². The minimum Gasteiger partial charge on any atom is -0.368 e. The molecule has 0 unspecified atom stereocenters. The molecule has 0 radical (unpaired) electrons. The quantitative estimate of drug-likeness (QED) is 0.724. The molecule has 6 heteroatoms. The first-order valence-corrected chi connectivity index (χ1v) is 8.12. The number of rotatable bonds is 2. The summed E-state index contributed by atoms with van der Waals surface area (Å²) >= 11 is 0. The molecule has 1 saturated heterocycles. The van der Waals surface area contributed by atoms with Crippen molar-refractivity contribution in [2.45, 2.75) is 6.92 Å². The number of nitrogens with zero attached hydrogens (tertiary/aromatic N) is 5. The zero-order chi connectivity index (χ0) is 16.5. The van der Waals surface area contributed by atoms with Crippen molar-refractivity contribution in [1.82, 2.24) is 19.5 Å². The van der Waals surface area contributed by atoms with Gasteiger partial charge in [0.2, 0.25) is 0 Å². The maximum Gasteiger partial charge on any atom is 0.272 e. The number of hydrogen-bond donors (Lipinski definition) is 0. The number of amides is 1. The van der Waals surface area contributed by atoms with E-state index in [1.54, 1.807) is 29.0 Å². The van der Waals surface area contributed by atoms with Crippen LogP contribution in [0.1, 0.15) is 16.1 Å². The molecule has 122 valence electrons. The van der Waals surface area contributed by atoms with E-state index in [0.717, 1.165) is 13.1 Å². The number of fused-ring (bicyclic) bond motifs is 1. The Hall–Kier alpha value is -2.89. The lowest BCUT2D eigenvalue weighted by Gasteiger charge is -2.36. The Bertz CT molecular complexity index is 880. The van der Waals surface area contributed by atoms with Gasteiger partial charge in [-0.05, 0) is 30.7 Å². The Kier molecular flexibility index (Phi) is 3.65. The first-order valence-electron chi connectivity index (χ1n) is 8.12. The van der Waals surface area contributed by atoms with Crippen molar-refractivity contribution in [3.8, 4) is 0 Å². The second-order valence-electron chi connectivity index (χ2n) is 6.05. The van der Waals surface area contributed by atoms with Crippen molar-refractivity contribution in [1.29, 1.82) is 0 Å². The number of hydrogen-bond acceptors (Lipinski definition) is 4. The average Bonchev–Trinajstić information content (AvgIpc) is 3.10. The van der Waals surface area contributed by atoms with Crippen molar-refractivity contribution < 1.29 is 4.79 Å². The van der Waals surface area contributed by atoms with Crippen LogP contribution in [0, 0.1) is 6.92 Å². The van der Waals surface area contributed by atoms with Crippen molar-refractivity contribution >= 4 is 17.2 Å². The SMILES string of the molecule is Cc1cccc(N2CCN(C(=O)c3ccnc4ccnn34)CC2)c1. The summed E-state index contributed by atoms with van der Waals surface area (Å²) in [6.45, 7) is 5.18. The minimum absolute atomic E-state index is 0.00925. The summed E-state index contributed by atoms with van der Waals surface area (Å²) in [6, 6.07) is 12.0. The molecule has 0 N–H and O–H groups in total. The van der Waals surface area contributed by atoms with E-state index in [1.807, 2.05) is 4.90 Å². The van der Waals surface area contributed by atoms with E-state index < -0.39 is 0 Å². The highest BCUT2D eigenvalue weighted by Crippen LogP contribution is 2.18. The van der Waals surface area contributed by atoms with Crippen LogP contribution in [0.15, 0.2) is 48.8 Å². The Morgan fingerprint density at radius 3 is 2.67 bits per heavy atom. The molecular formula is C18H19N5O. The first-order chi connectivity index (χ1) is 11.7. The number of anilines is 1. The molecule has 1 aromatic carbocycles. The van der Waals surface area contributed by atoms with Crippen LogP contribution >= 0.6 is 0 Å². The van der Waals surface area contributed by atoms with E-state index in [0.29, 0.717) is 24.4 Å². The van der Waals surface area contributed by atoms with E-state index in [-0.39, 0.29) is 5.91 Å². The highest BCUT2D eigenvalue weighted by atomic mass is 16.2. The van der Waals surface area contributed by atoms with Gasteiger partial charge in [0.15, 0.2) is 5.65 Å². The molecule has 0 aliphatic carbocycles. The highest BCUT2D eigenvalue weighted by Gasteiger charge is 2.24. The molecule has 4 rings (SSSR count). The number of benzene rings is 1. The van der Waals surface area contributed by atoms with Gasteiger partial charge < -0.3 is 9.80 Å². The third-order valence-electron chi connectivity index (χ3n) is 4.44. The topological polar surface area (TPSA) is 53.7 Å². The summed E-state index contributed by atoms with van der Waals surface area (Å²) in [5.41, 5.74) is 3.73. The van der Waals surface area contributed by atoms with Gasteiger partial charge >= 0.3 is 0 Å². The van der Waals surface area contributed by atoms with Crippen molar-refractivity contribution in [3.63, 3.8) is 0 Å². The number of carbonyl (C=O) groups excluding carboxylic acids is 1. The maximum atomic E-state index is 12.8. The van der Waals surface area contributed by atoms with E-state index in [2.05, 4.69) is 46.2 Å². The van der Waals surface area contributed by atoms with Crippen molar-refractivity contribution in [2.24, 2.45) is 0 Å². The molecule has 2 aromatic heterocycles. The lowest BCUT2D eigenvalue weighted by Crippen LogP contribution is -2.49. The van der Waals surface area contributed by atoms with Gasteiger partial charge in [-0.2, -0.15) is 5.10 Å². The van der Waals surface area contributed by atoms with Crippen LogP contribution in [0.2, 0.25) is 0 Å². The number of piperazine rings is 1. The van der Waals surface area contributed by atoms with E-state index in [1.165, 1.54) is 11.3 Å². The van der Waals surface area contributed by atoms with Crippen LogP contribution in [-0.4, -0.2) is 51.6 Å². The summed E-state index contributed by atoms with van der Waals surface area (Å²) in [5.74, 6) is 0.00925. The molecule has 1 fully saturated rings. The molecule has 0 bridgehead atoms. The predicted octanol–water partition coefficient (Wildman–Crippen LogP) is 2.00. The molecule has 6 nitrogen and oxygen atoms in total. The first kappa shape index (κ1) is 14.7. The number of aryl methyl sites for hydroxylation is 1. The standard InChI is InChI=1S/C18H19N5O/c1-14-3-2-4-15(13-14)21-9-11-22(12-10-21)18(24)16-5-7-19-17-6-8-20-23(16)17/h2-8,13H,9-12H2,1H3. The van der Waals surface area contributed by atoms with Gasteiger partial charge in [-0.25, -0.2) is 9.50 Å². The Balaban J connectivity index is 1.49. The molecule has 3 heterocycles. The minimum atomic E-state index is 0.00925. The Labute approximate surface area is 140 Å². The molecule has 1 aliphatic heterocycles. The maximum absolute atomic E-state index is 12.8. The molecular weight excluding hydrogens is 302 g/mol. The predicted molar refractivity (Wildman–Crippen MR) is 92.3 cm³/mol. The monoisotopic (exact) mass is 321 g/mol. The molecule has 0 spiro atoms. The number of carbonyl (C=O) groups is 1. The van der Waals surface area contributed by atoms with Crippen molar-refractivity contribution in [2.75, 3.05) is 31.1 Å². The van der Waals surface area contributed by atoms with Gasteiger partial charge in [-0.15, -0.1) is 0 Å². The summed E-state index contributed by atoms with van der Waals surface area (Å²) in [6.07, 6.45) is 3.32. The molecule has 1 aliphatic rings. The van der Waals surface area contributed by atoms with E-state index in [4.69, 9.17) is 0 Å². The summed E-state index contributed by atoms with van der Waals surface area (Å²) in [5, 5.41) is 4.20. The highest BCUT2D eigenvalue weighted by molar-refractivity contribution is 5.93. The normalized spacial score (nSPS) is 15.0. The molecule has 0 saturated carbocycles. The van der Waals surface area contributed by atoms with Crippen molar-refractivity contribution in [3.05, 3.63) is 60.0 Å². The van der Waals surface area contributed by atoms with Gasteiger partial charge in [0, 0.05) is 44.1 Å². The summed E-state index contributed by atoms with van der Waals surface area (Å²) in [4.78, 5) is 21.3. The Morgan fingerprint density at radius 1 is 1.04 bits per heavy atom. The van der Waals surface area contributed by atoms with E-state index in [9.17, 15) is 4.79 Å². The number of aromatic nitrogens is 3. The third-order valence-corrected chi connectivity index (χ3v) is 4.44. The summed E-state index contributed by atoms with van der Waals surface area (Å²) < 4.78 is 1.61. The fourth-order valence-electron chi connectivity index (χ4n) is 3.15. The smallest absolute Gasteiger partial charge is 0.272 e. The van der Waals surface area contributed by atoms with Crippen LogP contribution in [0.3, 0.4) is 0 Å². The molecule has 3 aromatic rings. The van der Waals surface area contributed by atoms with Crippen LogP contribution in [0.5, 0.6) is 0 Å². The lowest BCUT2D eigenvalue weighted by molar-refractivity contribution is 0.0738. The Morgan fingerprint density at radius 2 is 1.88 bits per heavy atom. The largest absolute Gasteiger partial charge is 0.368 e. The lowest BCUT2D eigenvalue weighted by atomic mass is 10.2. The fraction of sp³-hybridized carbons (Fsp3) is 0.278. The average molecular weight is 321 g/mol. The summed E-state index contributed by atoms with van der Waals surface area (Å²) in [7, 11) is 0. The molecule has 0 atom stereocenters. The zero-order valence-electron chi connectivity index (χ0n) is 13.6. The van der Waals surface area contributed by atoms with Gasteiger partial charge in [-0.3, -0.25) is 4.79 Å². The van der Waals surface area contributed by atoms with Gasteiger partial charge in [0.05, 0.1) is 6.20 Å². The van der Waals surface area contributed by atoms with Crippen LogP contribution < -0.4 is 4.90 Å².